The summed E-state index contributed by atoms with van der Waals surface area (Å²) in [5.41, 5.74) is 1.04. The van der Waals surface area contributed by atoms with Gasteiger partial charge in [0.2, 0.25) is 0 Å². The highest BCUT2D eigenvalue weighted by Gasteiger charge is 2.12. The average molecular weight is 231 g/mol. The van der Waals surface area contributed by atoms with Crippen LogP contribution in [0.25, 0.3) is 0 Å². The maximum absolute atomic E-state index is 11.4. The lowest BCUT2D eigenvalue weighted by Gasteiger charge is -2.16. The predicted molar refractivity (Wildman–Crippen MR) is 66.2 cm³/mol. The van der Waals surface area contributed by atoms with Gasteiger partial charge >= 0.3 is 0 Å². The van der Waals surface area contributed by atoms with E-state index in [1.165, 1.54) is 6.92 Å². The molecule has 1 rings (SSSR count). The van der Waals surface area contributed by atoms with Crippen LogP contribution in [-0.2, 0) is 0 Å². The molecule has 1 aromatic rings. The van der Waals surface area contributed by atoms with Gasteiger partial charge in [0.15, 0.2) is 5.78 Å². The number of nitrogens with zero attached hydrogens (tertiary/aromatic N) is 1. The van der Waals surface area contributed by atoms with E-state index in [-0.39, 0.29) is 11.9 Å². The Kier molecular flexibility index (Phi) is 4.71. The number of benzene rings is 1. The number of hydrogen-bond acceptors (Lipinski definition) is 3. The zero-order chi connectivity index (χ0) is 12.8. The Morgan fingerprint density at radius 3 is 2.76 bits per heavy atom. The zero-order valence-corrected chi connectivity index (χ0v) is 10.5. The monoisotopic (exact) mass is 231 g/mol. The van der Waals surface area contributed by atoms with Gasteiger partial charge in [-0.2, -0.15) is 5.26 Å². The van der Waals surface area contributed by atoms with E-state index in [4.69, 9.17) is 10.00 Å². The molecule has 1 unspecified atom stereocenters. The van der Waals surface area contributed by atoms with Gasteiger partial charge in [0, 0.05) is 0 Å². The molecule has 0 aliphatic rings. The van der Waals surface area contributed by atoms with E-state index in [1.54, 1.807) is 18.2 Å². The molecule has 0 radical (unpaired) electrons. The number of ether oxygens (including phenoxy) is 1. The Balaban J connectivity index is 3.01. The molecule has 3 heteroatoms. The van der Waals surface area contributed by atoms with Crippen LogP contribution in [0, 0.1) is 11.3 Å². The van der Waals surface area contributed by atoms with Crippen molar-refractivity contribution < 1.29 is 9.53 Å². The van der Waals surface area contributed by atoms with Crippen LogP contribution in [0.4, 0.5) is 0 Å². The fourth-order valence-electron chi connectivity index (χ4n) is 1.66. The van der Waals surface area contributed by atoms with Gasteiger partial charge in [-0.15, -0.1) is 0 Å². The third-order valence-corrected chi connectivity index (χ3v) is 2.51. The second kappa shape index (κ2) is 6.05. The maximum Gasteiger partial charge on any atom is 0.163 e. The van der Waals surface area contributed by atoms with Crippen molar-refractivity contribution in [1.29, 1.82) is 5.26 Å². The predicted octanol–water partition coefficient (Wildman–Crippen LogP) is 3.33. The summed E-state index contributed by atoms with van der Waals surface area (Å²) < 4.78 is 5.72. The molecule has 1 aromatic carbocycles. The number of hydrogen-bond donors (Lipinski definition) is 0. The number of carbonyl (C=O) groups is 1. The summed E-state index contributed by atoms with van der Waals surface area (Å²) >= 11 is 0. The Hall–Kier alpha value is -1.82. The average Bonchev–Trinajstić information content (AvgIpc) is 2.28. The molecule has 90 valence electrons. The Morgan fingerprint density at radius 2 is 2.24 bits per heavy atom. The van der Waals surface area contributed by atoms with Crippen molar-refractivity contribution in [2.24, 2.45) is 0 Å². The highest BCUT2D eigenvalue weighted by atomic mass is 16.5. The van der Waals surface area contributed by atoms with Gasteiger partial charge in [-0.05, 0) is 38.5 Å². The molecule has 3 nitrogen and oxygen atoms in total. The molecule has 0 bridgehead atoms. The summed E-state index contributed by atoms with van der Waals surface area (Å²) in [5, 5.41) is 8.84. The van der Waals surface area contributed by atoms with Crippen molar-refractivity contribution in [3.8, 4) is 11.8 Å². The topological polar surface area (TPSA) is 50.1 Å². The minimum atomic E-state index is -0.0480. The lowest BCUT2D eigenvalue weighted by atomic mass is 10.1. The Bertz CT molecular complexity index is 446. The molecule has 0 fully saturated rings. The van der Waals surface area contributed by atoms with Crippen LogP contribution >= 0.6 is 0 Å². The number of ketones is 1. The second-order valence-corrected chi connectivity index (χ2v) is 4.10. The number of rotatable bonds is 5. The first-order valence-corrected chi connectivity index (χ1v) is 5.80. The largest absolute Gasteiger partial charge is 0.490 e. The summed E-state index contributed by atoms with van der Waals surface area (Å²) in [6.07, 6.45) is 2.00. The van der Waals surface area contributed by atoms with Gasteiger partial charge in [0.25, 0.3) is 0 Å². The normalized spacial score (nSPS) is 11.6. The van der Waals surface area contributed by atoms with Gasteiger partial charge < -0.3 is 4.74 Å². The molecule has 1 atom stereocenters. The van der Waals surface area contributed by atoms with Crippen LogP contribution in [0.5, 0.6) is 5.75 Å². The van der Waals surface area contributed by atoms with Crippen LogP contribution in [-0.4, -0.2) is 11.9 Å². The number of Topliss-reactive ketones (excluding diaryl/α,β-unsaturated/α-hetero) is 1. The van der Waals surface area contributed by atoms with E-state index in [1.807, 2.05) is 13.0 Å². The van der Waals surface area contributed by atoms with Crippen LogP contribution in [0.1, 0.15) is 49.5 Å². The zero-order valence-electron chi connectivity index (χ0n) is 10.5. The molecule has 0 N–H and O–H groups in total. The highest BCUT2D eigenvalue weighted by molar-refractivity contribution is 5.97. The van der Waals surface area contributed by atoms with Crippen molar-refractivity contribution in [2.45, 2.75) is 39.7 Å². The van der Waals surface area contributed by atoms with E-state index >= 15 is 0 Å². The van der Waals surface area contributed by atoms with Gasteiger partial charge in [-0.25, -0.2) is 0 Å². The molecule has 0 saturated carbocycles. The minimum Gasteiger partial charge on any atom is -0.490 e. The summed E-state index contributed by atoms with van der Waals surface area (Å²) in [7, 11) is 0. The first-order valence-electron chi connectivity index (χ1n) is 5.80. The summed E-state index contributed by atoms with van der Waals surface area (Å²) in [4.78, 5) is 11.4. The van der Waals surface area contributed by atoms with Crippen molar-refractivity contribution in [2.75, 3.05) is 0 Å². The van der Waals surface area contributed by atoms with Gasteiger partial charge in [-0.3, -0.25) is 4.79 Å². The van der Waals surface area contributed by atoms with E-state index < -0.39 is 0 Å². The van der Waals surface area contributed by atoms with Crippen LogP contribution in [0.3, 0.4) is 0 Å². The molecular formula is C14H17NO2. The lowest BCUT2D eigenvalue weighted by molar-refractivity contribution is 0.101. The van der Waals surface area contributed by atoms with Gasteiger partial charge in [-0.1, -0.05) is 13.3 Å². The SMILES string of the molecule is CCCC(C)Oc1cc(C#N)ccc1C(C)=O. The van der Waals surface area contributed by atoms with Gasteiger partial charge in [0.05, 0.1) is 23.3 Å². The fraction of sp³-hybridized carbons (Fsp3) is 0.429. The van der Waals surface area contributed by atoms with Crippen LogP contribution in [0.2, 0.25) is 0 Å². The molecule has 0 aromatic heterocycles. The lowest BCUT2D eigenvalue weighted by Crippen LogP contribution is -2.13. The summed E-state index contributed by atoms with van der Waals surface area (Å²) in [5.74, 6) is 0.464. The number of carbonyl (C=O) groups excluding carboxylic acids is 1. The molecule has 0 heterocycles. The third kappa shape index (κ3) is 3.60. The Labute approximate surface area is 102 Å². The third-order valence-electron chi connectivity index (χ3n) is 2.51. The van der Waals surface area contributed by atoms with Gasteiger partial charge in [0.1, 0.15) is 5.75 Å². The standard InChI is InChI=1S/C14H17NO2/c1-4-5-10(2)17-14-8-12(9-15)6-7-13(14)11(3)16/h6-8,10H,4-5H2,1-3H3. The van der Waals surface area contributed by atoms with Crippen LogP contribution in [0.15, 0.2) is 18.2 Å². The van der Waals surface area contributed by atoms with E-state index in [0.29, 0.717) is 16.9 Å². The molecule has 0 aliphatic heterocycles. The van der Waals surface area contributed by atoms with Crippen molar-refractivity contribution >= 4 is 5.78 Å². The fourth-order valence-corrected chi connectivity index (χ4v) is 1.66. The minimum absolute atomic E-state index is 0.0480. The van der Waals surface area contributed by atoms with Crippen LogP contribution < -0.4 is 4.74 Å². The molecule has 0 aliphatic carbocycles. The molecule has 0 saturated heterocycles. The molecular weight excluding hydrogens is 214 g/mol. The first kappa shape index (κ1) is 13.2. The summed E-state index contributed by atoms with van der Waals surface area (Å²) in [6.45, 7) is 5.54. The maximum atomic E-state index is 11.4. The first-order chi connectivity index (χ1) is 8.08. The Morgan fingerprint density at radius 1 is 1.53 bits per heavy atom. The van der Waals surface area contributed by atoms with Crippen molar-refractivity contribution in [1.82, 2.24) is 0 Å². The summed E-state index contributed by atoms with van der Waals surface area (Å²) in [6, 6.07) is 6.96. The highest BCUT2D eigenvalue weighted by Crippen LogP contribution is 2.23. The molecule has 17 heavy (non-hydrogen) atoms. The molecule has 0 amide bonds. The smallest absolute Gasteiger partial charge is 0.163 e. The number of nitriles is 1. The van der Waals surface area contributed by atoms with E-state index in [0.717, 1.165) is 12.8 Å². The van der Waals surface area contributed by atoms with E-state index in [2.05, 4.69) is 6.92 Å². The van der Waals surface area contributed by atoms with Crippen molar-refractivity contribution in [3.05, 3.63) is 29.3 Å². The van der Waals surface area contributed by atoms with Crippen molar-refractivity contribution in [3.63, 3.8) is 0 Å². The molecule has 0 spiro atoms. The van der Waals surface area contributed by atoms with E-state index in [9.17, 15) is 4.79 Å². The quantitative estimate of drug-likeness (QED) is 0.730. The second-order valence-electron chi connectivity index (χ2n) is 4.10.